The number of aliphatic hydroxyl groups is 1. The van der Waals surface area contributed by atoms with Crippen molar-refractivity contribution >= 4 is 31.0 Å². The van der Waals surface area contributed by atoms with Crippen molar-refractivity contribution in [3.63, 3.8) is 0 Å². The molecule has 8 rings (SSSR count). The van der Waals surface area contributed by atoms with Crippen LogP contribution in [-0.4, -0.2) is 61.9 Å². The molecule has 13 heteroatoms. The van der Waals surface area contributed by atoms with Crippen molar-refractivity contribution in [1.29, 1.82) is 10.5 Å². The molecule has 10 nitrogen and oxygen atoms in total. The predicted octanol–water partition coefficient (Wildman–Crippen LogP) is 12.4. The number of fused-ring (bicyclic) bond motifs is 2. The Balaban J connectivity index is 0.000000203. The standard InChI is InChI=1S/C30H39N3O2SSi.C24H25N3O2S/c1-20(2)35-27-14-11-21(17-22(27)18-31)29-33-19-28(36-29)25-10-8-9-24-23(25)12-13-26(24)32-15-16-34-37(6,7)30(3,4)5;1-15(2)29-22-9-6-16(12-17(22)13-25)24-27-14-23(30-24)20-5-3-4-19-18(20)7-8-21(19)26-10-11-28/h8-11,14,17,19-20,26,32H,12-13,15-16H2,1-7H3;3-6,9,12,14-15,21,26,28H,7-8,10-11H2,1-2H3/t26-;21-/m00/s1. The summed E-state index contributed by atoms with van der Waals surface area (Å²) in [6.45, 7) is 21.7. The number of nitriles is 2. The van der Waals surface area contributed by atoms with Crippen LogP contribution in [0, 0.1) is 22.7 Å². The Morgan fingerprint density at radius 1 is 0.716 bits per heavy atom. The number of thiazole rings is 2. The second-order valence-electron chi connectivity index (χ2n) is 19.2. The second-order valence-corrected chi connectivity index (χ2v) is 26.1. The van der Waals surface area contributed by atoms with Gasteiger partial charge in [-0.05, 0) is 141 Å². The van der Waals surface area contributed by atoms with Crippen molar-refractivity contribution in [3.8, 4) is 65.7 Å². The van der Waals surface area contributed by atoms with Crippen molar-refractivity contribution in [1.82, 2.24) is 20.6 Å². The fourth-order valence-corrected chi connectivity index (χ4v) is 11.4. The normalized spacial score (nSPS) is 15.4. The fourth-order valence-electron chi connectivity index (χ4n) is 8.47. The Bertz CT molecular complexity index is 2740. The predicted molar refractivity (Wildman–Crippen MR) is 275 cm³/mol. The van der Waals surface area contributed by atoms with E-state index in [4.69, 9.17) is 24.0 Å². The van der Waals surface area contributed by atoms with Crippen molar-refractivity contribution in [2.45, 2.75) is 117 Å². The summed E-state index contributed by atoms with van der Waals surface area (Å²) in [6.07, 6.45) is 8.14. The van der Waals surface area contributed by atoms with E-state index in [1.165, 1.54) is 33.4 Å². The van der Waals surface area contributed by atoms with E-state index in [0.717, 1.165) is 69.7 Å². The number of hydrogen-bond donors (Lipinski definition) is 3. The smallest absolute Gasteiger partial charge is 0.192 e. The molecule has 2 heterocycles. The molecule has 2 atom stereocenters. The van der Waals surface area contributed by atoms with Gasteiger partial charge < -0.3 is 29.6 Å². The van der Waals surface area contributed by atoms with Gasteiger partial charge in [0.2, 0.25) is 0 Å². The maximum Gasteiger partial charge on any atom is 0.192 e. The summed E-state index contributed by atoms with van der Waals surface area (Å²) < 4.78 is 17.9. The van der Waals surface area contributed by atoms with Gasteiger partial charge in [-0.25, -0.2) is 9.97 Å². The molecule has 0 saturated carbocycles. The van der Waals surface area contributed by atoms with E-state index in [9.17, 15) is 10.5 Å². The van der Waals surface area contributed by atoms with E-state index in [2.05, 4.69) is 98.0 Å². The Morgan fingerprint density at radius 2 is 1.18 bits per heavy atom. The Kier molecular flexibility index (Phi) is 16.2. The summed E-state index contributed by atoms with van der Waals surface area (Å²) in [5.74, 6) is 1.22. The molecule has 0 radical (unpaired) electrons. The van der Waals surface area contributed by atoms with E-state index in [0.29, 0.717) is 41.3 Å². The minimum atomic E-state index is -1.72. The first-order valence-electron chi connectivity index (χ1n) is 23.4. The molecule has 0 amide bonds. The maximum absolute atomic E-state index is 9.61. The average molecular weight is 953 g/mol. The lowest BCUT2D eigenvalue weighted by atomic mass is 10.0. The van der Waals surface area contributed by atoms with Gasteiger partial charge in [0.15, 0.2) is 8.32 Å². The van der Waals surface area contributed by atoms with Gasteiger partial charge in [0, 0.05) is 55.3 Å². The number of aromatic nitrogens is 2. The van der Waals surface area contributed by atoms with Crippen LogP contribution in [0.3, 0.4) is 0 Å². The van der Waals surface area contributed by atoms with Crippen LogP contribution in [0.2, 0.25) is 18.1 Å². The summed E-state index contributed by atoms with van der Waals surface area (Å²) in [5.41, 5.74) is 10.9. The van der Waals surface area contributed by atoms with Crippen molar-refractivity contribution in [3.05, 3.63) is 119 Å². The van der Waals surface area contributed by atoms with Crippen LogP contribution >= 0.6 is 22.7 Å². The van der Waals surface area contributed by atoms with Crippen LogP contribution in [0.25, 0.3) is 42.0 Å². The third kappa shape index (κ3) is 11.7. The number of nitrogens with one attached hydrogen (secondary N) is 2. The summed E-state index contributed by atoms with van der Waals surface area (Å²) >= 11 is 3.32. The average Bonchev–Trinajstić information content (AvgIpc) is 4.14. The van der Waals surface area contributed by atoms with Gasteiger partial charge in [0.1, 0.15) is 33.7 Å². The first-order valence-corrected chi connectivity index (χ1v) is 27.9. The van der Waals surface area contributed by atoms with Gasteiger partial charge in [0.05, 0.1) is 39.7 Å². The minimum absolute atomic E-state index is 0.0188. The lowest BCUT2D eigenvalue weighted by molar-refractivity contribution is 0.241. The molecule has 0 saturated heterocycles. The highest BCUT2D eigenvalue weighted by Gasteiger charge is 2.37. The molecular weight excluding hydrogens is 889 g/mol. The molecule has 6 aromatic rings. The largest absolute Gasteiger partial charge is 0.490 e. The van der Waals surface area contributed by atoms with Crippen molar-refractivity contribution < 1.29 is 19.0 Å². The molecule has 0 bridgehead atoms. The third-order valence-electron chi connectivity index (χ3n) is 12.8. The Labute approximate surface area is 406 Å². The summed E-state index contributed by atoms with van der Waals surface area (Å²) in [6, 6.07) is 29.6. The van der Waals surface area contributed by atoms with Gasteiger partial charge in [-0.3, -0.25) is 0 Å². The van der Waals surface area contributed by atoms with E-state index >= 15 is 0 Å². The maximum atomic E-state index is 9.61. The zero-order valence-electron chi connectivity index (χ0n) is 40.3. The van der Waals surface area contributed by atoms with E-state index in [1.54, 1.807) is 22.7 Å². The van der Waals surface area contributed by atoms with Gasteiger partial charge in [-0.2, -0.15) is 10.5 Å². The van der Waals surface area contributed by atoms with Crippen molar-refractivity contribution in [2.24, 2.45) is 0 Å². The van der Waals surface area contributed by atoms with Crippen LogP contribution in [0.4, 0.5) is 0 Å². The quantitative estimate of drug-likeness (QED) is 0.0633. The molecule has 2 aromatic heterocycles. The lowest BCUT2D eigenvalue weighted by Gasteiger charge is -2.36. The molecule has 2 aliphatic carbocycles. The summed E-state index contributed by atoms with van der Waals surface area (Å²) in [4.78, 5) is 11.7. The molecule has 67 heavy (non-hydrogen) atoms. The van der Waals surface area contributed by atoms with Gasteiger partial charge >= 0.3 is 0 Å². The minimum Gasteiger partial charge on any atom is -0.490 e. The first-order chi connectivity index (χ1) is 32.1. The molecule has 2 aliphatic rings. The highest BCUT2D eigenvalue weighted by Crippen LogP contribution is 2.43. The molecule has 4 aromatic carbocycles. The molecule has 0 aliphatic heterocycles. The van der Waals surface area contributed by atoms with Crippen LogP contribution < -0.4 is 20.1 Å². The van der Waals surface area contributed by atoms with E-state index < -0.39 is 8.32 Å². The van der Waals surface area contributed by atoms with Crippen molar-refractivity contribution in [2.75, 3.05) is 26.3 Å². The summed E-state index contributed by atoms with van der Waals surface area (Å²) in [5, 5.41) is 37.4. The number of nitrogens with zero attached hydrogens (tertiary/aromatic N) is 4. The Hall–Kier alpha value is -5.22. The van der Waals surface area contributed by atoms with Crippen LogP contribution in [0.1, 0.15) is 107 Å². The highest BCUT2D eigenvalue weighted by molar-refractivity contribution is 7.18. The van der Waals surface area contributed by atoms with Gasteiger partial charge in [0.25, 0.3) is 0 Å². The molecule has 0 fully saturated rings. The highest BCUT2D eigenvalue weighted by atomic mass is 32.1. The molecule has 0 unspecified atom stereocenters. The van der Waals surface area contributed by atoms with Crippen LogP contribution in [-0.2, 0) is 17.3 Å². The molecular formula is C54H64N6O4S2Si. The van der Waals surface area contributed by atoms with Gasteiger partial charge in [-0.15, -0.1) is 22.7 Å². The van der Waals surface area contributed by atoms with E-state index in [1.807, 2.05) is 76.5 Å². The summed E-state index contributed by atoms with van der Waals surface area (Å²) in [7, 11) is -1.72. The number of aliphatic hydroxyl groups excluding tert-OH is 1. The van der Waals surface area contributed by atoms with Gasteiger partial charge in [-0.1, -0.05) is 57.2 Å². The monoisotopic (exact) mass is 952 g/mol. The van der Waals surface area contributed by atoms with Crippen LogP contribution in [0.15, 0.2) is 85.2 Å². The zero-order valence-corrected chi connectivity index (χ0v) is 43.0. The number of rotatable bonds is 16. The first kappa shape index (κ1) is 49.7. The number of hydrogen-bond acceptors (Lipinski definition) is 12. The number of ether oxygens (including phenoxy) is 2. The number of benzene rings is 4. The molecule has 0 spiro atoms. The molecule has 350 valence electrons. The third-order valence-corrected chi connectivity index (χ3v) is 19.5. The molecule has 3 N–H and O–H groups in total. The zero-order chi connectivity index (χ0) is 47.9. The fraction of sp³-hybridized carbons (Fsp3) is 0.407. The topological polar surface area (TPSA) is 145 Å². The van der Waals surface area contributed by atoms with E-state index in [-0.39, 0.29) is 23.9 Å². The lowest BCUT2D eigenvalue weighted by Crippen LogP contribution is -2.42. The SMILES string of the molecule is CC(C)Oc1ccc(-c2ncc(-c3cccc4c3CC[C@@H]4NCCO)s2)cc1C#N.CC(C)Oc1ccc(-c2ncc(-c3cccc4c3CC[C@@H]4NCCO[Si](C)(C)C(C)(C)C)s2)cc1C#N. The second kappa shape index (κ2) is 21.8. The van der Waals surface area contributed by atoms with Crippen LogP contribution in [0.5, 0.6) is 11.5 Å². The Morgan fingerprint density at radius 3 is 1.60 bits per heavy atom.